The maximum Gasteiger partial charge on any atom is 0.327 e. The predicted molar refractivity (Wildman–Crippen MR) is 118 cm³/mol. The van der Waals surface area contributed by atoms with Crippen LogP contribution in [0.2, 0.25) is 0 Å². The summed E-state index contributed by atoms with van der Waals surface area (Å²) >= 11 is 0. The summed E-state index contributed by atoms with van der Waals surface area (Å²) in [5, 5.41) is 3.38. The molecule has 2 aliphatic rings. The molecule has 170 valence electrons. The lowest BCUT2D eigenvalue weighted by Gasteiger charge is -2.23. The molecule has 0 atom stereocenters. The van der Waals surface area contributed by atoms with Crippen molar-refractivity contribution >= 4 is 11.9 Å². The van der Waals surface area contributed by atoms with E-state index in [1.807, 2.05) is 31.2 Å². The third-order valence-electron chi connectivity index (χ3n) is 5.90. The number of carbonyl (C=O) groups excluding carboxylic acids is 2. The fourth-order valence-electron chi connectivity index (χ4n) is 4.07. The molecule has 0 bridgehead atoms. The number of urea groups is 1. The number of imide groups is 1. The quantitative estimate of drug-likeness (QED) is 0.638. The number of rotatable bonds is 8. The van der Waals surface area contributed by atoms with Gasteiger partial charge in [-0.25, -0.2) is 14.2 Å². The molecule has 2 fully saturated rings. The van der Waals surface area contributed by atoms with Gasteiger partial charge in [-0.1, -0.05) is 31.2 Å². The van der Waals surface area contributed by atoms with E-state index in [4.69, 9.17) is 4.74 Å². The molecule has 1 N–H and O–H groups in total. The summed E-state index contributed by atoms with van der Waals surface area (Å²) in [5.41, 5.74) is 2.90. The normalized spacial score (nSPS) is 17.4. The number of benzene rings is 1. The van der Waals surface area contributed by atoms with E-state index in [2.05, 4.69) is 10.3 Å². The lowest BCUT2D eigenvalue weighted by molar-refractivity contribution is -0.125. The Balaban J connectivity index is 1.40. The predicted octanol–water partition coefficient (Wildman–Crippen LogP) is 3.33. The summed E-state index contributed by atoms with van der Waals surface area (Å²) in [4.78, 5) is 31.9. The Morgan fingerprint density at radius 3 is 2.59 bits per heavy atom. The van der Waals surface area contributed by atoms with Crippen LogP contribution < -0.4 is 5.32 Å². The van der Waals surface area contributed by atoms with Crippen LogP contribution >= 0.6 is 0 Å². The van der Waals surface area contributed by atoms with Crippen LogP contribution in [0.4, 0.5) is 9.18 Å². The van der Waals surface area contributed by atoms with E-state index in [0.29, 0.717) is 37.1 Å². The van der Waals surface area contributed by atoms with Gasteiger partial charge in [0.2, 0.25) is 5.91 Å². The van der Waals surface area contributed by atoms with Crippen LogP contribution in [-0.4, -0.2) is 59.1 Å². The molecule has 8 heteroatoms. The molecule has 0 aliphatic carbocycles. The Bertz CT molecular complexity index is 960. The van der Waals surface area contributed by atoms with Crippen LogP contribution in [0.15, 0.2) is 36.4 Å². The fourth-order valence-corrected chi connectivity index (χ4v) is 4.07. The highest BCUT2D eigenvalue weighted by molar-refractivity contribution is 6.01. The molecule has 1 aromatic carbocycles. The summed E-state index contributed by atoms with van der Waals surface area (Å²) in [6.07, 6.45) is 2.59. The molecular formula is C24H29FN4O3. The van der Waals surface area contributed by atoms with Crippen LogP contribution in [0.25, 0.3) is 11.3 Å². The molecule has 0 unspecified atom stereocenters. The van der Waals surface area contributed by atoms with Gasteiger partial charge in [-0.3, -0.25) is 9.69 Å². The van der Waals surface area contributed by atoms with Crippen molar-refractivity contribution in [1.29, 1.82) is 0 Å². The Labute approximate surface area is 187 Å². The van der Waals surface area contributed by atoms with Crippen molar-refractivity contribution in [2.45, 2.75) is 45.3 Å². The van der Waals surface area contributed by atoms with Crippen molar-refractivity contribution in [1.82, 2.24) is 20.1 Å². The van der Waals surface area contributed by atoms with Gasteiger partial charge in [0.1, 0.15) is 12.4 Å². The van der Waals surface area contributed by atoms with Gasteiger partial charge in [-0.2, -0.15) is 0 Å². The molecule has 2 aliphatic heterocycles. The smallest absolute Gasteiger partial charge is 0.327 e. The second kappa shape index (κ2) is 10.2. The van der Waals surface area contributed by atoms with E-state index in [-0.39, 0.29) is 24.3 Å². The number of aromatic nitrogens is 1. The van der Waals surface area contributed by atoms with Crippen molar-refractivity contribution in [3.05, 3.63) is 53.5 Å². The first-order chi connectivity index (χ1) is 15.5. The number of halogens is 1. The van der Waals surface area contributed by atoms with E-state index in [1.54, 1.807) is 11.0 Å². The number of carbonyl (C=O) groups is 2. The van der Waals surface area contributed by atoms with Gasteiger partial charge in [-0.05, 0) is 37.0 Å². The molecule has 0 radical (unpaired) electrons. The molecular weight excluding hydrogens is 411 g/mol. The van der Waals surface area contributed by atoms with Crippen molar-refractivity contribution in [2.24, 2.45) is 0 Å². The number of nitrogens with zero attached hydrogens (tertiary/aromatic N) is 3. The maximum atomic E-state index is 14.3. The Hall–Kier alpha value is -2.84. The van der Waals surface area contributed by atoms with Crippen molar-refractivity contribution in [3.8, 4) is 11.3 Å². The van der Waals surface area contributed by atoms with E-state index < -0.39 is 0 Å². The zero-order valence-corrected chi connectivity index (χ0v) is 18.3. The van der Waals surface area contributed by atoms with Crippen LogP contribution in [0.1, 0.15) is 37.4 Å². The minimum absolute atomic E-state index is 0.115. The molecule has 3 amide bonds. The van der Waals surface area contributed by atoms with Crippen molar-refractivity contribution in [3.63, 3.8) is 0 Å². The second-order valence-electron chi connectivity index (χ2n) is 8.27. The van der Waals surface area contributed by atoms with Crippen LogP contribution in [0, 0.1) is 5.82 Å². The van der Waals surface area contributed by atoms with Crippen molar-refractivity contribution in [2.75, 3.05) is 26.3 Å². The standard InChI is InChI=1S/C24H29FN4O3/c1-2-11-29-23(30)16-28(24(29)31)15-17-3-5-18(6-4-17)21-8-7-20(25)22(27-21)14-26-19-9-12-32-13-10-19/h3-8,19,26H,2,9-16H2,1H3. The van der Waals surface area contributed by atoms with Gasteiger partial charge in [0.25, 0.3) is 0 Å². The number of amides is 3. The number of pyridine rings is 1. The van der Waals surface area contributed by atoms with Crippen LogP contribution in [0.5, 0.6) is 0 Å². The van der Waals surface area contributed by atoms with Gasteiger partial charge in [0, 0.05) is 44.5 Å². The SMILES string of the molecule is CCCN1C(=O)CN(Cc2ccc(-c3ccc(F)c(CNC4CCOCC4)n3)cc2)C1=O. The minimum Gasteiger partial charge on any atom is -0.381 e. The first-order valence-electron chi connectivity index (χ1n) is 11.2. The van der Waals surface area contributed by atoms with E-state index >= 15 is 0 Å². The molecule has 4 rings (SSSR count). The molecule has 32 heavy (non-hydrogen) atoms. The summed E-state index contributed by atoms with van der Waals surface area (Å²) < 4.78 is 19.7. The number of ether oxygens (including phenoxy) is 1. The molecule has 2 saturated heterocycles. The first kappa shape index (κ1) is 22.4. The molecule has 7 nitrogen and oxygen atoms in total. The zero-order chi connectivity index (χ0) is 22.5. The molecule has 0 spiro atoms. The monoisotopic (exact) mass is 440 g/mol. The Kier molecular flexibility index (Phi) is 7.12. The van der Waals surface area contributed by atoms with Gasteiger partial charge in [0.15, 0.2) is 0 Å². The topological polar surface area (TPSA) is 74.8 Å². The van der Waals surface area contributed by atoms with Crippen LogP contribution in [-0.2, 0) is 22.6 Å². The first-order valence-corrected chi connectivity index (χ1v) is 11.2. The summed E-state index contributed by atoms with van der Waals surface area (Å²) in [6, 6.07) is 10.9. The summed E-state index contributed by atoms with van der Waals surface area (Å²) in [7, 11) is 0. The van der Waals surface area contributed by atoms with E-state index in [1.165, 1.54) is 11.0 Å². The highest BCUT2D eigenvalue weighted by Gasteiger charge is 2.35. The zero-order valence-electron chi connectivity index (χ0n) is 18.3. The average Bonchev–Trinajstić information content (AvgIpc) is 3.07. The van der Waals surface area contributed by atoms with Gasteiger partial charge in [0.05, 0.1) is 11.4 Å². The highest BCUT2D eigenvalue weighted by Crippen LogP contribution is 2.22. The van der Waals surface area contributed by atoms with E-state index in [0.717, 1.165) is 43.6 Å². The van der Waals surface area contributed by atoms with E-state index in [9.17, 15) is 14.0 Å². The molecule has 1 aromatic heterocycles. The number of nitrogens with one attached hydrogen (secondary N) is 1. The largest absolute Gasteiger partial charge is 0.381 e. The van der Waals surface area contributed by atoms with Crippen molar-refractivity contribution < 1.29 is 18.7 Å². The molecule has 0 saturated carbocycles. The lowest BCUT2D eigenvalue weighted by Crippen LogP contribution is -2.34. The molecule has 3 heterocycles. The van der Waals surface area contributed by atoms with Gasteiger partial charge >= 0.3 is 6.03 Å². The summed E-state index contributed by atoms with van der Waals surface area (Å²) in [6.45, 7) is 4.72. The Morgan fingerprint density at radius 2 is 1.88 bits per heavy atom. The number of hydrogen-bond acceptors (Lipinski definition) is 5. The lowest BCUT2D eigenvalue weighted by atomic mass is 10.1. The third kappa shape index (κ3) is 5.14. The Morgan fingerprint density at radius 1 is 1.12 bits per heavy atom. The fraction of sp³-hybridized carbons (Fsp3) is 0.458. The third-order valence-corrected chi connectivity index (χ3v) is 5.90. The number of hydrogen-bond donors (Lipinski definition) is 1. The summed E-state index contributed by atoms with van der Waals surface area (Å²) in [5.74, 6) is -0.468. The van der Waals surface area contributed by atoms with Gasteiger partial charge in [-0.15, -0.1) is 0 Å². The van der Waals surface area contributed by atoms with Gasteiger partial charge < -0.3 is 15.0 Å². The highest BCUT2D eigenvalue weighted by atomic mass is 19.1. The minimum atomic E-state index is -0.321. The second-order valence-corrected chi connectivity index (χ2v) is 8.27. The van der Waals surface area contributed by atoms with Crippen LogP contribution in [0.3, 0.4) is 0 Å². The average molecular weight is 441 g/mol. The molecule has 2 aromatic rings. The maximum absolute atomic E-state index is 14.3.